The average Bonchev–Trinajstić information content (AvgIpc) is 2.89. The molecule has 0 saturated heterocycles. The largest absolute Gasteiger partial charge is 0.493 e. The van der Waals surface area contributed by atoms with Crippen molar-refractivity contribution < 1.29 is 19.1 Å². The molecule has 100 valence electrons. The van der Waals surface area contributed by atoms with E-state index < -0.39 is 11.9 Å². The Morgan fingerprint density at radius 1 is 1.32 bits per heavy atom. The van der Waals surface area contributed by atoms with Gasteiger partial charge in [-0.05, 0) is 36.4 Å². The van der Waals surface area contributed by atoms with Gasteiger partial charge < -0.3 is 14.3 Å². The van der Waals surface area contributed by atoms with E-state index in [9.17, 15) is 4.79 Å². The third kappa shape index (κ3) is 4.03. The molecule has 0 saturated carbocycles. The zero-order valence-corrected chi connectivity index (χ0v) is 10.8. The molecule has 2 aromatic rings. The topological polar surface area (TPSA) is 59.7 Å². The monoisotopic (exact) mass is 280 g/mol. The van der Waals surface area contributed by atoms with E-state index in [1.165, 1.54) is 6.26 Å². The number of hydrogen-bond donors (Lipinski definition) is 1. The summed E-state index contributed by atoms with van der Waals surface area (Å²) in [7, 11) is 0. The first-order chi connectivity index (χ1) is 9.15. The second-order valence-corrected chi connectivity index (χ2v) is 4.52. The van der Waals surface area contributed by atoms with Crippen LogP contribution in [0.5, 0.6) is 5.75 Å². The third-order valence-corrected chi connectivity index (χ3v) is 2.89. The normalized spacial score (nSPS) is 12.1. The standard InChI is InChI=1S/C14H13ClO4/c15-11-3-5-12(6-4-11)19-9-10(14(16)17)8-13-2-1-7-18-13/h1-7,10H,8-9H2,(H,16,17). The molecule has 0 spiro atoms. The van der Waals surface area contributed by atoms with Gasteiger partial charge in [-0.15, -0.1) is 0 Å². The Labute approximate surface area is 115 Å². The maximum Gasteiger partial charge on any atom is 0.310 e. The molecule has 1 N–H and O–H groups in total. The van der Waals surface area contributed by atoms with Crippen LogP contribution in [-0.2, 0) is 11.2 Å². The highest BCUT2D eigenvalue weighted by Crippen LogP contribution is 2.17. The highest BCUT2D eigenvalue weighted by Gasteiger charge is 2.20. The van der Waals surface area contributed by atoms with Crippen molar-refractivity contribution in [1.82, 2.24) is 0 Å². The van der Waals surface area contributed by atoms with E-state index in [1.54, 1.807) is 36.4 Å². The van der Waals surface area contributed by atoms with E-state index in [0.717, 1.165) is 0 Å². The molecule has 1 aromatic heterocycles. The van der Waals surface area contributed by atoms with Gasteiger partial charge in [0.15, 0.2) is 0 Å². The minimum absolute atomic E-state index is 0.0810. The molecule has 19 heavy (non-hydrogen) atoms. The first-order valence-corrected chi connectivity index (χ1v) is 6.16. The third-order valence-electron chi connectivity index (χ3n) is 2.64. The van der Waals surface area contributed by atoms with Crippen LogP contribution < -0.4 is 4.74 Å². The van der Waals surface area contributed by atoms with Crippen LogP contribution in [0.2, 0.25) is 5.02 Å². The summed E-state index contributed by atoms with van der Waals surface area (Å²) in [6, 6.07) is 10.3. The lowest BCUT2D eigenvalue weighted by molar-refractivity contribution is -0.142. The van der Waals surface area contributed by atoms with Gasteiger partial charge in [-0.25, -0.2) is 0 Å². The number of furan rings is 1. The molecule has 0 aliphatic rings. The quantitative estimate of drug-likeness (QED) is 0.882. The molecule has 4 nitrogen and oxygen atoms in total. The number of hydrogen-bond acceptors (Lipinski definition) is 3. The zero-order valence-electron chi connectivity index (χ0n) is 10.1. The van der Waals surface area contributed by atoms with Crippen molar-refractivity contribution >= 4 is 17.6 Å². The van der Waals surface area contributed by atoms with Gasteiger partial charge in [-0.3, -0.25) is 4.79 Å². The minimum atomic E-state index is -0.912. The highest BCUT2D eigenvalue weighted by atomic mass is 35.5. The molecule has 1 heterocycles. The summed E-state index contributed by atoms with van der Waals surface area (Å²) in [5.41, 5.74) is 0. The molecule has 1 aromatic carbocycles. The maximum absolute atomic E-state index is 11.2. The summed E-state index contributed by atoms with van der Waals surface area (Å²) in [5.74, 6) is -0.339. The second-order valence-electron chi connectivity index (χ2n) is 4.08. The molecular formula is C14H13ClO4. The Balaban J connectivity index is 1.93. The van der Waals surface area contributed by atoms with Gasteiger partial charge in [0.1, 0.15) is 18.1 Å². The lowest BCUT2D eigenvalue weighted by atomic mass is 10.1. The van der Waals surface area contributed by atoms with Crippen LogP contribution in [0, 0.1) is 5.92 Å². The summed E-state index contributed by atoms with van der Waals surface area (Å²) in [5, 5.41) is 9.76. The number of carboxylic acids is 1. The molecule has 1 unspecified atom stereocenters. The Kier molecular flexibility index (Phi) is 4.47. The van der Waals surface area contributed by atoms with E-state index >= 15 is 0 Å². The Morgan fingerprint density at radius 3 is 2.63 bits per heavy atom. The average molecular weight is 281 g/mol. The fourth-order valence-corrected chi connectivity index (χ4v) is 1.74. The van der Waals surface area contributed by atoms with Gasteiger partial charge >= 0.3 is 5.97 Å². The van der Waals surface area contributed by atoms with Gasteiger partial charge in [-0.1, -0.05) is 11.6 Å². The summed E-state index contributed by atoms with van der Waals surface area (Å²) in [6.07, 6.45) is 1.82. The van der Waals surface area contributed by atoms with Gasteiger partial charge in [0.05, 0.1) is 12.2 Å². The number of aliphatic carboxylic acids is 1. The lowest BCUT2D eigenvalue weighted by Gasteiger charge is -2.12. The number of ether oxygens (including phenoxy) is 1. The van der Waals surface area contributed by atoms with E-state index in [4.69, 9.17) is 25.9 Å². The van der Waals surface area contributed by atoms with Crippen molar-refractivity contribution in [1.29, 1.82) is 0 Å². The molecule has 0 bridgehead atoms. The molecule has 0 aliphatic carbocycles. The van der Waals surface area contributed by atoms with Crippen LogP contribution >= 0.6 is 11.6 Å². The molecule has 1 atom stereocenters. The summed E-state index contributed by atoms with van der Waals surface area (Å²) < 4.78 is 10.6. The van der Waals surface area contributed by atoms with Crippen molar-refractivity contribution in [2.45, 2.75) is 6.42 Å². The Bertz CT molecular complexity index is 519. The second kappa shape index (κ2) is 6.29. The predicted molar refractivity (Wildman–Crippen MR) is 70.5 cm³/mol. The molecule has 5 heteroatoms. The lowest BCUT2D eigenvalue weighted by Crippen LogP contribution is -2.23. The van der Waals surface area contributed by atoms with Crippen LogP contribution in [0.3, 0.4) is 0 Å². The molecule has 0 fully saturated rings. The molecule has 2 rings (SSSR count). The highest BCUT2D eigenvalue weighted by molar-refractivity contribution is 6.30. The zero-order chi connectivity index (χ0) is 13.7. The SMILES string of the molecule is O=C(O)C(COc1ccc(Cl)cc1)Cc1ccco1. The van der Waals surface area contributed by atoms with E-state index in [2.05, 4.69) is 0 Å². The van der Waals surface area contributed by atoms with Crippen molar-refractivity contribution in [2.24, 2.45) is 5.92 Å². The molecule has 0 amide bonds. The van der Waals surface area contributed by atoms with Crippen LogP contribution in [-0.4, -0.2) is 17.7 Å². The van der Waals surface area contributed by atoms with Crippen molar-refractivity contribution in [3.63, 3.8) is 0 Å². The predicted octanol–water partition coefficient (Wildman–Crippen LogP) is 3.26. The number of halogens is 1. The van der Waals surface area contributed by atoms with Gasteiger partial charge in [-0.2, -0.15) is 0 Å². The first kappa shape index (κ1) is 13.5. The van der Waals surface area contributed by atoms with Crippen LogP contribution in [0.4, 0.5) is 0 Å². The summed E-state index contributed by atoms with van der Waals surface area (Å²) in [6.45, 7) is 0.0810. The minimum Gasteiger partial charge on any atom is -0.493 e. The first-order valence-electron chi connectivity index (χ1n) is 5.78. The van der Waals surface area contributed by atoms with Crippen molar-refractivity contribution in [3.8, 4) is 5.75 Å². The van der Waals surface area contributed by atoms with Crippen LogP contribution in [0.25, 0.3) is 0 Å². The van der Waals surface area contributed by atoms with Crippen LogP contribution in [0.15, 0.2) is 47.1 Å². The smallest absolute Gasteiger partial charge is 0.310 e. The van der Waals surface area contributed by atoms with Crippen molar-refractivity contribution in [2.75, 3.05) is 6.61 Å². The van der Waals surface area contributed by atoms with E-state index in [0.29, 0.717) is 23.0 Å². The van der Waals surface area contributed by atoms with E-state index in [1.807, 2.05) is 0 Å². The number of carboxylic acid groups (broad SMARTS) is 1. The van der Waals surface area contributed by atoms with Crippen LogP contribution in [0.1, 0.15) is 5.76 Å². The molecule has 0 radical (unpaired) electrons. The number of carbonyl (C=O) groups is 1. The fraction of sp³-hybridized carbons (Fsp3) is 0.214. The molecule has 0 aliphatic heterocycles. The maximum atomic E-state index is 11.2. The fourth-order valence-electron chi connectivity index (χ4n) is 1.62. The van der Waals surface area contributed by atoms with Crippen molar-refractivity contribution in [3.05, 3.63) is 53.4 Å². The molecular weight excluding hydrogens is 268 g/mol. The summed E-state index contributed by atoms with van der Waals surface area (Å²) in [4.78, 5) is 11.2. The Hall–Kier alpha value is -1.94. The number of benzene rings is 1. The van der Waals surface area contributed by atoms with Gasteiger partial charge in [0.25, 0.3) is 0 Å². The summed E-state index contributed by atoms with van der Waals surface area (Å²) >= 11 is 5.76. The Morgan fingerprint density at radius 2 is 2.05 bits per heavy atom. The van der Waals surface area contributed by atoms with E-state index in [-0.39, 0.29) is 6.61 Å². The van der Waals surface area contributed by atoms with Gasteiger partial charge in [0.2, 0.25) is 0 Å². The number of rotatable bonds is 6. The van der Waals surface area contributed by atoms with Gasteiger partial charge in [0, 0.05) is 11.4 Å².